The fourth-order valence-corrected chi connectivity index (χ4v) is 2.34. The van der Waals surface area contributed by atoms with Gasteiger partial charge in [0, 0.05) is 11.8 Å². The number of nitrogens with zero attached hydrogens (tertiary/aromatic N) is 2. The van der Waals surface area contributed by atoms with Gasteiger partial charge in [-0.1, -0.05) is 46.9 Å². The third kappa shape index (κ3) is 3.32. The van der Waals surface area contributed by atoms with Crippen molar-refractivity contribution < 1.29 is 14.6 Å². The van der Waals surface area contributed by atoms with Crippen LogP contribution in [0.4, 0.5) is 5.69 Å². The molecule has 0 unspecified atom stereocenters. The van der Waals surface area contributed by atoms with E-state index < -0.39 is 11.7 Å². The number of halogens is 3. The highest BCUT2D eigenvalue weighted by molar-refractivity contribution is 6.46. The largest absolute Gasteiger partial charge is 0.496 e. The molecule has 2 rings (SSSR count). The van der Waals surface area contributed by atoms with Gasteiger partial charge in [0.1, 0.15) is 21.5 Å². The lowest BCUT2D eigenvalue weighted by atomic mass is 10.2. The summed E-state index contributed by atoms with van der Waals surface area (Å²) in [5.41, 5.74) is 0.289. The molecule has 8 heteroatoms. The summed E-state index contributed by atoms with van der Waals surface area (Å²) in [7, 11) is 1.53. The third-order valence-corrected chi connectivity index (χ3v) is 3.78. The molecule has 0 spiro atoms. The maximum absolute atomic E-state index is 11.1. The highest BCUT2D eigenvalue weighted by Crippen LogP contribution is 2.39. The number of aromatic nitrogens is 1. The van der Waals surface area contributed by atoms with Crippen LogP contribution >= 0.6 is 34.8 Å². The van der Waals surface area contributed by atoms with Crippen LogP contribution < -0.4 is 4.74 Å². The maximum atomic E-state index is 11.1. The summed E-state index contributed by atoms with van der Waals surface area (Å²) >= 11 is 17.8. The number of rotatable bonds is 4. The fourth-order valence-electron chi connectivity index (χ4n) is 1.66. The molecular formula is C14H9Cl3N2O3. The van der Waals surface area contributed by atoms with Crippen molar-refractivity contribution in [3.8, 4) is 5.75 Å². The van der Waals surface area contributed by atoms with Crippen LogP contribution in [0.1, 0.15) is 16.1 Å². The van der Waals surface area contributed by atoms with Crippen molar-refractivity contribution in [3.05, 3.63) is 50.7 Å². The number of para-hydroxylation sites is 1. The molecule has 0 bridgehead atoms. The standard InChI is InChI=1S/C14H9Cl3N2O3/c1-22-8-5-3-2-4-7(8)6-18-11-9(15)12(14(20)21)19-13(17)10(11)16/h2-6H,1H3,(H,20,21). The summed E-state index contributed by atoms with van der Waals surface area (Å²) in [6, 6.07) is 7.13. The molecule has 1 aromatic carbocycles. The van der Waals surface area contributed by atoms with Crippen molar-refractivity contribution in [2.75, 3.05) is 7.11 Å². The minimum Gasteiger partial charge on any atom is -0.496 e. The van der Waals surface area contributed by atoms with Crippen LogP contribution in [-0.4, -0.2) is 29.4 Å². The molecule has 0 aliphatic rings. The van der Waals surface area contributed by atoms with Gasteiger partial charge in [-0.3, -0.25) is 4.99 Å². The minimum atomic E-state index is -1.32. The van der Waals surface area contributed by atoms with Crippen molar-refractivity contribution in [2.24, 2.45) is 4.99 Å². The number of methoxy groups -OCH3 is 1. The first-order valence-electron chi connectivity index (χ1n) is 5.90. The number of aromatic carboxylic acids is 1. The van der Waals surface area contributed by atoms with E-state index >= 15 is 0 Å². The number of hydrogen-bond donors (Lipinski definition) is 1. The first-order chi connectivity index (χ1) is 10.5. The summed E-state index contributed by atoms with van der Waals surface area (Å²) in [6.45, 7) is 0. The lowest BCUT2D eigenvalue weighted by Crippen LogP contribution is -2.02. The van der Waals surface area contributed by atoms with Crippen LogP contribution in [0.2, 0.25) is 15.2 Å². The van der Waals surface area contributed by atoms with Crippen LogP contribution in [0, 0.1) is 0 Å². The Balaban J connectivity index is 2.53. The molecule has 0 saturated heterocycles. The highest BCUT2D eigenvalue weighted by atomic mass is 35.5. The Labute approximate surface area is 141 Å². The van der Waals surface area contributed by atoms with Crippen molar-refractivity contribution in [1.29, 1.82) is 0 Å². The predicted octanol–water partition coefficient (Wildman–Crippen LogP) is 4.50. The molecule has 0 amide bonds. The average molecular weight is 360 g/mol. The van der Waals surface area contributed by atoms with Gasteiger partial charge in [-0.2, -0.15) is 0 Å². The number of carboxylic acid groups (broad SMARTS) is 1. The zero-order valence-electron chi connectivity index (χ0n) is 11.2. The summed E-state index contributed by atoms with van der Waals surface area (Å²) < 4.78 is 5.19. The molecule has 0 aliphatic heterocycles. The number of aliphatic imine (C=N–C) groups is 1. The number of pyridine rings is 1. The first kappa shape index (κ1) is 16.5. The van der Waals surface area contributed by atoms with E-state index in [9.17, 15) is 4.79 Å². The Bertz CT molecular complexity index is 763. The molecule has 0 saturated carbocycles. The Morgan fingerprint density at radius 2 is 1.95 bits per heavy atom. The molecule has 0 aliphatic carbocycles. The van der Waals surface area contributed by atoms with Gasteiger partial charge in [0.05, 0.1) is 7.11 Å². The number of carboxylic acids is 1. The number of benzene rings is 1. The molecular weight excluding hydrogens is 351 g/mol. The Kier molecular flexibility index (Phi) is 5.24. The smallest absolute Gasteiger partial charge is 0.356 e. The van der Waals surface area contributed by atoms with Gasteiger partial charge < -0.3 is 9.84 Å². The number of hydrogen-bond acceptors (Lipinski definition) is 4. The molecule has 114 valence electrons. The highest BCUT2D eigenvalue weighted by Gasteiger charge is 2.20. The SMILES string of the molecule is COc1ccccc1C=Nc1c(Cl)c(Cl)nc(C(=O)O)c1Cl. The summed E-state index contributed by atoms with van der Waals surface area (Å²) in [6.07, 6.45) is 1.45. The second kappa shape index (κ2) is 6.96. The quantitative estimate of drug-likeness (QED) is 0.644. The van der Waals surface area contributed by atoms with E-state index in [0.717, 1.165) is 0 Å². The molecule has 5 nitrogen and oxygen atoms in total. The molecule has 0 fully saturated rings. The Hall–Kier alpha value is -1.82. The van der Waals surface area contributed by atoms with Crippen LogP contribution in [0.3, 0.4) is 0 Å². The zero-order chi connectivity index (χ0) is 16.3. The van der Waals surface area contributed by atoms with E-state index in [4.69, 9.17) is 44.6 Å². The van der Waals surface area contributed by atoms with E-state index in [0.29, 0.717) is 11.3 Å². The van der Waals surface area contributed by atoms with E-state index in [1.807, 2.05) is 6.07 Å². The molecule has 1 N–H and O–H groups in total. The summed E-state index contributed by atoms with van der Waals surface area (Å²) in [5, 5.41) is 8.66. The number of carbonyl (C=O) groups is 1. The van der Waals surface area contributed by atoms with E-state index in [1.165, 1.54) is 13.3 Å². The molecule has 0 atom stereocenters. The minimum absolute atomic E-state index is 0.0252. The van der Waals surface area contributed by atoms with Crippen molar-refractivity contribution >= 4 is 52.7 Å². The lowest BCUT2D eigenvalue weighted by molar-refractivity contribution is 0.0691. The second-order valence-corrected chi connectivity index (χ2v) is 5.15. The molecule has 2 aromatic rings. The topological polar surface area (TPSA) is 71.8 Å². The van der Waals surface area contributed by atoms with Gasteiger partial charge in [-0.15, -0.1) is 0 Å². The van der Waals surface area contributed by atoms with E-state index in [-0.39, 0.29) is 20.9 Å². The van der Waals surface area contributed by atoms with E-state index in [1.54, 1.807) is 18.2 Å². The first-order valence-corrected chi connectivity index (χ1v) is 7.04. The van der Waals surface area contributed by atoms with Gasteiger partial charge >= 0.3 is 5.97 Å². The van der Waals surface area contributed by atoms with Crippen molar-refractivity contribution in [3.63, 3.8) is 0 Å². The molecule has 22 heavy (non-hydrogen) atoms. The summed E-state index contributed by atoms with van der Waals surface area (Å²) in [5.74, 6) is -0.727. The second-order valence-electron chi connectivity index (χ2n) is 4.03. The average Bonchev–Trinajstić information content (AvgIpc) is 2.50. The number of ether oxygens (including phenoxy) is 1. The van der Waals surface area contributed by atoms with Gasteiger partial charge in [0.15, 0.2) is 10.8 Å². The van der Waals surface area contributed by atoms with Crippen molar-refractivity contribution in [1.82, 2.24) is 4.98 Å². The van der Waals surface area contributed by atoms with Crippen LogP contribution in [-0.2, 0) is 0 Å². The Morgan fingerprint density at radius 1 is 1.27 bits per heavy atom. The zero-order valence-corrected chi connectivity index (χ0v) is 13.4. The van der Waals surface area contributed by atoms with Gasteiger partial charge in [-0.25, -0.2) is 9.78 Å². The fraction of sp³-hybridized carbons (Fsp3) is 0.0714. The van der Waals surface area contributed by atoms with Crippen molar-refractivity contribution in [2.45, 2.75) is 0 Å². The van der Waals surface area contributed by atoms with E-state index in [2.05, 4.69) is 9.98 Å². The maximum Gasteiger partial charge on any atom is 0.356 e. The molecule has 1 aromatic heterocycles. The van der Waals surface area contributed by atoms with Crippen LogP contribution in [0.15, 0.2) is 29.3 Å². The van der Waals surface area contributed by atoms with Gasteiger partial charge in [0.25, 0.3) is 0 Å². The molecule has 0 radical (unpaired) electrons. The summed E-state index contributed by atoms with van der Waals surface area (Å²) in [4.78, 5) is 18.8. The lowest BCUT2D eigenvalue weighted by Gasteiger charge is -2.07. The van der Waals surface area contributed by atoms with Crippen LogP contribution in [0.25, 0.3) is 0 Å². The van der Waals surface area contributed by atoms with Gasteiger partial charge in [-0.05, 0) is 12.1 Å². The Morgan fingerprint density at radius 3 is 2.59 bits per heavy atom. The molecule has 1 heterocycles. The third-order valence-electron chi connectivity index (χ3n) is 2.69. The normalized spacial score (nSPS) is 10.9. The monoisotopic (exact) mass is 358 g/mol. The predicted molar refractivity (Wildman–Crippen MR) is 86.5 cm³/mol. The van der Waals surface area contributed by atoms with Crippen LogP contribution in [0.5, 0.6) is 5.75 Å². The van der Waals surface area contributed by atoms with Gasteiger partial charge in [0.2, 0.25) is 0 Å².